The van der Waals surface area contributed by atoms with E-state index in [0.29, 0.717) is 6.61 Å². The number of nitrogens with one attached hydrogen (secondary N) is 1. The summed E-state index contributed by atoms with van der Waals surface area (Å²) in [6, 6.07) is 16.5. The number of thiazole rings is 1. The van der Waals surface area contributed by atoms with Crippen molar-refractivity contribution in [3.05, 3.63) is 70.0 Å². The van der Waals surface area contributed by atoms with E-state index in [0.717, 1.165) is 34.1 Å². The molecule has 0 saturated heterocycles. The minimum atomic E-state index is 0.587. The Bertz CT molecular complexity index is 768. The minimum absolute atomic E-state index is 0.587. The highest BCUT2D eigenvalue weighted by Crippen LogP contribution is 2.27. The van der Waals surface area contributed by atoms with Crippen molar-refractivity contribution in [2.45, 2.75) is 20.1 Å². The zero-order valence-electron chi connectivity index (χ0n) is 13.4. The Balaban J connectivity index is 1.72. The third kappa shape index (κ3) is 3.97. The number of hydrogen-bond acceptors (Lipinski definition) is 4. The van der Waals surface area contributed by atoms with Crippen molar-refractivity contribution in [3.8, 4) is 17.0 Å². The first kappa shape index (κ1) is 15.7. The second-order valence-electron chi connectivity index (χ2n) is 5.41. The quantitative estimate of drug-likeness (QED) is 0.729. The summed E-state index contributed by atoms with van der Waals surface area (Å²) in [6.07, 6.45) is 0. The normalized spacial score (nSPS) is 10.7. The Morgan fingerprint density at radius 2 is 1.96 bits per heavy atom. The molecule has 1 heterocycles. The first-order valence-electron chi connectivity index (χ1n) is 7.63. The minimum Gasteiger partial charge on any atom is -0.489 e. The van der Waals surface area contributed by atoms with E-state index in [1.54, 1.807) is 11.3 Å². The molecule has 0 amide bonds. The fraction of sp³-hybridized carbons (Fsp3) is 0.211. The number of rotatable bonds is 6. The van der Waals surface area contributed by atoms with Crippen LogP contribution in [0, 0.1) is 6.92 Å². The molecule has 0 fully saturated rings. The van der Waals surface area contributed by atoms with Gasteiger partial charge in [0, 0.05) is 17.5 Å². The molecule has 1 N–H and O–H groups in total. The van der Waals surface area contributed by atoms with Crippen LogP contribution in [0.5, 0.6) is 5.75 Å². The molecule has 3 aromatic rings. The third-order valence-electron chi connectivity index (χ3n) is 3.59. The van der Waals surface area contributed by atoms with Crippen molar-refractivity contribution in [1.29, 1.82) is 0 Å². The molecule has 118 valence electrons. The van der Waals surface area contributed by atoms with Crippen molar-refractivity contribution >= 4 is 11.3 Å². The Morgan fingerprint density at radius 3 is 2.70 bits per heavy atom. The molecule has 3 nitrogen and oxygen atoms in total. The van der Waals surface area contributed by atoms with Gasteiger partial charge in [0.1, 0.15) is 17.4 Å². The molecule has 0 radical (unpaired) electrons. The zero-order valence-corrected chi connectivity index (χ0v) is 14.2. The smallest absolute Gasteiger partial charge is 0.122 e. The Kier molecular flexibility index (Phi) is 5.05. The topological polar surface area (TPSA) is 34.2 Å². The van der Waals surface area contributed by atoms with E-state index >= 15 is 0 Å². The van der Waals surface area contributed by atoms with E-state index < -0.39 is 0 Å². The summed E-state index contributed by atoms with van der Waals surface area (Å²) >= 11 is 1.68. The molecule has 0 spiro atoms. The molecule has 23 heavy (non-hydrogen) atoms. The summed E-state index contributed by atoms with van der Waals surface area (Å²) in [5, 5.41) is 6.33. The fourth-order valence-corrected chi connectivity index (χ4v) is 3.20. The molecular weight excluding hydrogens is 304 g/mol. The second kappa shape index (κ2) is 7.40. The molecule has 1 aromatic heterocycles. The monoisotopic (exact) mass is 324 g/mol. The van der Waals surface area contributed by atoms with Crippen LogP contribution in [0.2, 0.25) is 0 Å². The molecule has 0 unspecified atom stereocenters. The maximum absolute atomic E-state index is 5.93. The average Bonchev–Trinajstić information content (AvgIpc) is 3.04. The van der Waals surface area contributed by atoms with Crippen molar-refractivity contribution in [3.63, 3.8) is 0 Å². The largest absolute Gasteiger partial charge is 0.489 e. The standard InChI is InChI=1S/C19H20N2OS/c1-14-10-16(17-13-23-19(21-17)11-20-2)8-9-18(14)22-12-15-6-4-3-5-7-15/h3-10,13,20H,11-12H2,1-2H3. The highest BCUT2D eigenvalue weighted by Gasteiger charge is 2.07. The van der Waals surface area contributed by atoms with Crippen LogP contribution in [0.3, 0.4) is 0 Å². The molecule has 0 aliphatic rings. The number of benzene rings is 2. The maximum Gasteiger partial charge on any atom is 0.122 e. The van der Waals surface area contributed by atoms with Crippen LogP contribution in [-0.2, 0) is 13.2 Å². The highest BCUT2D eigenvalue weighted by atomic mass is 32.1. The van der Waals surface area contributed by atoms with Gasteiger partial charge in [-0.25, -0.2) is 4.98 Å². The fourth-order valence-electron chi connectivity index (χ4n) is 2.38. The van der Waals surface area contributed by atoms with Gasteiger partial charge in [-0.1, -0.05) is 30.3 Å². The van der Waals surface area contributed by atoms with Crippen molar-refractivity contribution in [2.24, 2.45) is 0 Å². The Labute approximate surface area is 141 Å². The lowest BCUT2D eigenvalue weighted by molar-refractivity contribution is 0.304. The molecule has 4 heteroatoms. The van der Waals surface area contributed by atoms with Crippen molar-refractivity contribution in [2.75, 3.05) is 7.05 Å². The number of nitrogens with zero attached hydrogens (tertiary/aromatic N) is 1. The molecule has 0 aliphatic heterocycles. The van der Waals surface area contributed by atoms with Gasteiger partial charge in [0.2, 0.25) is 0 Å². The van der Waals surface area contributed by atoms with Gasteiger partial charge in [0.05, 0.1) is 5.69 Å². The van der Waals surface area contributed by atoms with Crippen LogP contribution in [0.4, 0.5) is 0 Å². The number of hydrogen-bond donors (Lipinski definition) is 1. The van der Waals surface area contributed by atoms with Crippen LogP contribution in [0.15, 0.2) is 53.9 Å². The van der Waals surface area contributed by atoms with E-state index in [4.69, 9.17) is 4.74 Å². The van der Waals surface area contributed by atoms with Gasteiger partial charge in [0.15, 0.2) is 0 Å². The summed E-state index contributed by atoms with van der Waals surface area (Å²) < 4.78 is 5.93. The van der Waals surface area contributed by atoms with Gasteiger partial charge in [-0.15, -0.1) is 11.3 Å². The lowest BCUT2D eigenvalue weighted by Gasteiger charge is -2.10. The highest BCUT2D eigenvalue weighted by molar-refractivity contribution is 7.09. The number of aryl methyl sites for hydroxylation is 1. The lowest BCUT2D eigenvalue weighted by atomic mass is 10.1. The molecule has 0 atom stereocenters. The third-order valence-corrected chi connectivity index (χ3v) is 4.44. The zero-order chi connectivity index (χ0) is 16.1. The van der Waals surface area contributed by atoms with Crippen LogP contribution >= 0.6 is 11.3 Å². The van der Waals surface area contributed by atoms with E-state index in [9.17, 15) is 0 Å². The number of ether oxygens (including phenoxy) is 1. The molecule has 3 rings (SSSR count). The summed E-state index contributed by atoms with van der Waals surface area (Å²) in [5.74, 6) is 0.920. The van der Waals surface area contributed by atoms with Crippen LogP contribution in [-0.4, -0.2) is 12.0 Å². The van der Waals surface area contributed by atoms with Gasteiger partial charge in [0.25, 0.3) is 0 Å². The van der Waals surface area contributed by atoms with E-state index in [1.807, 2.05) is 31.3 Å². The SMILES string of the molecule is CNCc1nc(-c2ccc(OCc3ccccc3)c(C)c2)cs1. The van der Waals surface area contributed by atoms with Crippen molar-refractivity contribution in [1.82, 2.24) is 10.3 Å². The maximum atomic E-state index is 5.93. The molecule has 0 aliphatic carbocycles. The lowest BCUT2D eigenvalue weighted by Crippen LogP contribution is -2.04. The van der Waals surface area contributed by atoms with Crippen LogP contribution < -0.4 is 10.1 Å². The first-order valence-corrected chi connectivity index (χ1v) is 8.51. The van der Waals surface area contributed by atoms with Crippen LogP contribution in [0.25, 0.3) is 11.3 Å². The van der Waals surface area contributed by atoms with Crippen molar-refractivity contribution < 1.29 is 4.74 Å². The predicted molar refractivity (Wildman–Crippen MR) is 95.8 cm³/mol. The van der Waals surface area contributed by atoms with E-state index in [2.05, 4.69) is 46.9 Å². The molecular formula is C19H20N2OS. The number of aromatic nitrogens is 1. The summed E-state index contributed by atoms with van der Waals surface area (Å²) in [7, 11) is 1.93. The van der Waals surface area contributed by atoms with E-state index in [1.165, 1.54) is 5.56 Å². The summed E-state index contributed by atoms with van der Waals surface area (Å²) in [6.45, 7) is 3.47. The van der Waals surface area contributed by atoms with E-state index in [-0.39, 0.29) is 0 Å². The Hall–Kier alpha value is -2.17. The van der Waals surface area contributed by atoms with Gasteiger partial charge in [-0.2, -0.15) is 0 Å². The van der Waals surface area contributed by atoms with Crippen LogP contribution in [0.1, 0.15) is 16.1 Å². The first-order chi connectivity index (χ1) is 11.3. The van der Waals surface area contributed by atoms with Gasteiger partial charge >= 0.3 is 0 Å². The Morgan fingerprint density at radius 1 is 1.13 bits per heavy atom. The molecule has 0 saturated carbocycles. The second-order valence-corrected chi connectivity index (χ2v) is 6.35. The summed E-state index contributed by atoms with van der Waals surface area (Å²) in [5.41, 5.74) is 4.46. The van der Waals surface area contributed by atoms with Gasteiger partial charge < -0.3 is 10.1 Å². The molecule has 2 aromatic carbocycles. The molecule has 0 bridgehead atoms. The predicted octanol–water partition coefficient (Wildman–Crippen LogP) is 4.42. The average molecular weight is 324 g/mol. The summed E-state index contributed by atoms with van der Waals surface area (Å²) in [4.78, 5) is 4.65. The van der Waals surface area contributed by atoms with Gasteiger partial charge in [-0.3, -0.25) is 0 Å². The van der Waals surface area contributed by atoms with Gasteiger partial charge in [-0.05, 0) is 43.3 Å².